The van der Waals surface area contributed by atoms with E-state index in [2.05, 4.69) is 15.5 Å². The molecule has 0 unspecified atom stereocenters. The summed E-state index contributed by atoms with van der Waals surface area (Å²) in [6, 6.07) is 1.47. The highest BCUT2D eigenvalue weighted by molar-refractivity contribution is 8.01. The fourth-order valence-corrected chi connectivity index (χ4v) is 4.13. The lowest BCUT2D eigenvalue weighted by Crippen LogP contribution is -2.49. The lowest BCUT2D eigenvalue weighted by atomic mass is 10.2. The van der Waals surface area contributed by atoms with Crippen molar-refractivity contribution in [2.45, 2.75) is 37.2 Å². The summed E-state index contributed by atoms with van der Waals surface area (Å²) < 4.78 is 0. The van der Waals surface area contributed by atoms with E-state index in [4.69, 9.17) is 0 Å². The molecule has 2 N–H and O–H groups in total. The molecule has 2 saturated heterocycles. The van der Waals surface area contributed by atoms with Gasteiger partial charge in [-0.25, -0.2) is 0 Å². The zero-order valence-corrected chi connectivity index (χ0v) is 11.5. The van der Waals surface area contributed by atoms with Crippen LogP contribution in [0.1, 0.15) is 25.5 Å². The molecule has 102 valence electrons. The first-order valence-corrected chi connectivity index (χ1v) is 7.31. The number of H-pyrrole nitrogens is 1. The van der Waals surface area contributed by atoms with E-state index < -0.39 is 0 Å². The molecule has 0 spiro atoms. The van der Waals surface area contributed by atoms with Gasteiger partial charge in [-0.1, -0.05) is 0 Å². The molecule has 0 bridgehead atoms. The molecule has 3 heterocycles. The molecule has 19 heavy (non-hydrogen) atoms. The van der Waals surface area contributed by atoms with Gasteiger partial charge in [0, 0.05) is 18.4 Å². The molecule has 0 radical (unpaired) electrons. The second kappa shape index (κ2) is 4.56. The number of nitrogens with zero attached hydrogens (tertiary/aromatic N) is 2. The van der Waals surface area contributed by atoms with Crippen molar-refractivity contribution >= 4 is 23.6 Å². The van der Waals surface area contributed by atoms with Gasteiger partial charge in [0.25, 0.3) is 0 Å². The van der Waals surface area contributed by atoms with Crippen LogP contribution in [0.5, 0.6) is 0 Å². The van der Waals surface area contributed by atoms with Gasteiger partial charge in [0.2, 0.25) is 11.8 Å². The van der Waals surface area contributed by atoms with E-state index in [1.54, 1.807) is 22.9 Å². The van der Waals surface area contributed by atoms with Gasteiger partial charge in [0.05, 0.1) is 17.1 Å². The Hall–Kier alpha value is -1.50. The van der Waals surface area contributed by atoms with Gasteiger partial charge in [-0.2, -0.15) is 5.10 Å². The van der Waals surface area contributed by atoms with E-state index in [-0.39, 0.29) is 22.7 Å². The molecule has 0 aliphatic carbocycles. The molecule has 2 aliphatic heterocycles. The molecule has 3 rings (SSSR count). The number of amides is 2. The lowest BCUT2D eigenvalue weighted by molar-refractivity contribution is -0.138. The van der Waals surface area contributed by atoms with Crippen molar-refractivity contribution in [2.75, 3.05) is 5.75 Å². The standard InChI is InChI=1S/C12H16N4O2S/c1-12-4-2-10(17)16(12)9(7-19-12)11(18)13-6-8-3-5-14-15-8/h3,5,9H,2,4,6-7H2,1H3,(H,13,18)(H,14,15)/t9-,12+/m1/s1. The summed E-state index contributed by atoms with van der Waals surface area (Å²) in [4.78, 5) is 25.7. The van der Waals surface area contributed by atoms with Gasteiger partial charge in [-0.05, 0) is 19.4 Å². The van der Waals surface area contributed by atoms with Crippen LogP contribution in [-0.2, 0) is 16.1 Å². The number of fused-ring (bicyclic) bond motifs is 1. The number of hydrogen-bond donors (Lipinski definition) is 2. The minimum atomic E-state index is -0.340. The lowest BCUT2D eigenvalue weighted by Gasteiger charge is -2.29. The smallest absolute Gasteiger partial charge is 0.244 e. The fraction of sp³-hybridized carbons (Fsp3) is 0.583. The summed E-state index contributed by atoms with van der Waals surface area (Å²) in [5.41, 5.74) is 0.856. The van der Waals surface area contributed by atoms with Crippen molar-refractivity contribution < 1.29 is 9.59 Å². The predicted octanol–water partition coefficient (Wildman–Crippen LogP) is 0.480. The number of rotatable bonds is 3. The second-order valence-electron chi connectivity index (χ2n) is 5.07. The molecular weight excluding hydrogens is 264 g/mol. The molecule has 2 atom stereocenters. The first kappa shape index (κ1) is 12.5. The van der Waals surface area contributed by atoms with Gasteiger partial charge in [-0.3, -0.25) is 14.7 Å². The van der Waals surface area contributed by atoms with Crippen LogP contribution in [-0.4, -0.2) is 43.6 Å². The summed E-state index contributed by atoms with van der Waals surface area (Å²) in [6.07, 6.45) is 3.03. The fourth-order valence-electron chi connectivity index (χ4n) is 2.70. The van der Waals surface area contributed by atoms with Crippen molar-refractivity contribution in [3.63, 3.8) is 0 Å². The van der Waals surface area contributed by atoms with E-state index in [9.17, 15) is 9.59 Å². The average Bonchev–Trinajstić information content (AvgIpc) is 3.06. The zero-order chi connectivity index (χ0) is 13.5. The normalized spacial score (nSPS) is 29.6. The largest absolute Gasteiger partial charge is 0.349 e. The maximum Gasteiger partial charge on any atom is 0.244 e. The quantitative estimate of drug-likeness (QED) is 0.844. The minimum absolute atomic E-state index is 0.0823. The summed E-state index contributed by atoms with van der Waals surface area (Å²) in [7, 11) is 0. The van der Waals surface area contributed by atoms with E-state index in [1.807, 2.05) is 13.0 Å². The van der Waals surface area contributed by atoms with Crippen LogP contribution in [0.4, 0.5) is 0 Å². The Morgan fingerprint density at radius 1 is 1.74 bits per heavy atom. The van der Waals surface area contributed by atoms with Crippen molar-refractivity contribution in [1.29, 1.82) is 0 Å². The summed E-state index contributed by atoms with van der Waals surface area (Å²) >= 11 is 1.70. The SMILES string of the molecule is C[C@]12CCC(=O)N1[C@@H](C(=O)NCc1ccn[nH]1)CS2. The van der Waals surface area contributed by atoms with Crippen LogP contribution >= 0.6 is 11.8 Å². The highest BCUT2D eigenvalue weighted by Gasteiger charge is 2.52. The number of carbonyl (C=O) groups excluding carboxylic acids is 2. The third kappa shape index (κ3) is 2.11. The number of hydrogen-bond acceptors (Lipinski definition) is 4. The molecule has 0 saturated carbocycles. The Morgan fingerprint density at radius 2 is 2.58 bits per heavy atom. The Labute approximate surface area is 115 Å². The molecule has 1 aromatic rings. The van der Waals surface area contributed by atoms with Gasteiger partial charge >= 0.3 is 0 Å². The Balaban J connectivity index is 1.66. The Kier molecular flexibility index (Phi) is 3.00. The second-order valence-corrected chi connectivity index (χ2v) is 6.57. The van der Waals surface area contributed by atoms with Crippen LogP contribution in [0.25, 0.3) is 0 Å². The Morgan fingerprint density at radius 3 is 3.32 bits per heavy atom. The first-order valence-electron chi connectivity index (χ1n) is 6.32. The summed E-state index contributed by atoms with van der Waals surface area (Å²) in [5.74, 6) is 0.687. The number of nitrogens with one attached hydrogen (secondary N) is 2. The van der Waals surface area contributed by atoms with Gasteiger partial charge in [0.15, 0.2) is 0 Å². The zero-order valence-electron chi connectivity index (χ0n) is 10.7. The predicted molar refractivity (Wildman–Crippen MR) is 71.2 cm³/mol. The maximum atomic E-state index is 12.2. The number of thioether (sulfide) groups is 1. The van der Waals surface area contributed by atoms with Crippen LogP contribution in [0.3, 0.4) is 0 Å². The van der Waals surface area contributed by atoms with E-state index >= 15 is 0 Å². The first-order chi connectivity index (χ1) is 9.10. The molecule has 2 fully saturated rings. The number of aromatic amines is 1. The number of carbonyl (C=O) groups is 2. The van der Waals surface area contributed by atoms with Crippen LogP contribution in [0.15, 0.2) is 12.3 Å². The monoisotopic (exact) mass is 280 g/mol. The van der Waals surface area contributed by atoms with Gasteiger partial charge in [0.1, 0.15) is 6.04 Å². The molecule has 1 aromatic heterocycles. The van der Waals surface area contributed by atoms with E-state index in [0.29, 0.717) is 18.7 Å². The summed E-state index contributed by atoms with van der Waals surface area (Å²) in [5, 5.41) is 9.48. The summed E-state index contributed by atoms with van der Waals surface area (Å²) in [6.45, 7) is 2.46. The molecule has 0 aromatic carbocycles. The van der Waals surface area contributed by atoms with Crippen molar-refractivity contribution in [3.05, 3.63) is 18.0 Å². The minimum Gasteiger partial charge on any atom is -0.349 e. The van der Waals surface area contributed by atoms with Crippen LogP contribution in [0.2, 0.25) is 0 Å². The van der Waals surface area contributed by atoms with E-state index in [0.717, 1.165) is 12.1 Å². The average molecular weight is 280 g/mol. The Bertz CT molecular complexity index is 504. The van der Waals surface area contributed by atoms with Gasteiger partial charge in [-0.15, -0.1) is 11.8 Å². The van der Waals surface area contributed by atoms with Crippen molar-refractivity contribution in [2.24, 2.45) is 0 Å². The van der Waals surface area contributed by atoms with Crippen molar-refractivity contribution in [3.8, 4) is 0 Å². The number of aromatic nitrogens is 2. The molecule has 2 aliphatic rings. The highest BCUT2D eigenvalue weighted by Crippen LogP contribution is 2.47. The van der Waals surface area contributed by atoms with Crippen LogP contribution in [0, 0.1) is 0 Å². The molecule has 6 nitrogen and oxygen atoms in total. The topological polar surface area (TPSA) is 78.1 Å². The van der Waals surface area contributed by atoms with Crippen LogP contribution < -0.4 is 5.32 Å². The van der Waals surface area contributed by atoms with Crippen molar-refractivity contribution in [1.82, 2.24) is 20.4 Å². The third-order valence-corrected chi connectivity index (χ3v) is 5.26. The molecular formula is C12H16N4O2S. The third-order valence-electron chi connectivity index (χ3n) is 3.76. The van der Waals surface area contributed by atoms with E-state index in [1.165, 1.54) is 0 Å². The maximum absolute atomic E-state index is 12.2. The molecule has 2 amide bonds. The molecule has 7 heteroatoms. The highest BCUT2D eigenvalue weighted by atomic mass is 32.2. The van der Waals surface area contributed by atoms with Gasteiger partial charge < -0.3 is 10.2 Å².